The molecule has 0 aliphatic rings. The van der Waals surface area contributed by atoms with Gasteiger partial charge in [0.2, 0.25) is 0 Å². The second-order valence-corrected chi connectivity index (χ2v) is 5.10. The summed E-state index contributed by atoms with van der Waals surface area (Å²) >= 11 is 11.3. The second kappa shape index (κ2) is 5.69. The molecule has 0 aliphatic carbocycles. The SMILES string of the molecule is Cc1ccc(N)cc1C(=O)Nc1cc(Cl)c(F)c(Cl)c1. The minimum Gasteiger partial charge on any atom is -0.399 e. The van der Waals surface area contributed by atoms with E-state index in [1.807, 2.05) is 0 Å². The summed E-state index contributed by atoms with van der Waals surface area (Å²) in [6.07, 6.45) is 0. The molecule has 3 nitrogen and oxygen atoms in total. The van der Waals surface area contributed by atoms with Crippen molar-refractivity contribution in [3.05, 3.63) is 57.3 Å². The van der Waals surface area contributed by atoms with E-state index in [4.69, 9.17) is 28.9 Å². The first kappa shape index (κ1) is 14.6. The monoisotopic (exact) mass is 312 g/mol. The first-order valence-corrected chi connectivity index (χ1v) is 6.46. The van der Waals surface area contributed by atoms with Gasteiger partial charge >= 0.3 is 0 Å². The number of aryl methyl sites for hydroxylation is 1. The van der Waals surface area contributed by atoms with Crippen LogP contribution in [-0.4, -0.2) is 5.91 Å². The summed E-state index contributed by atoms with van der Waals surface area (Å²) in [6.45, 7) is 1.79. The summed E-state index contributed by atoms with van der Waals surface area (Å²) in [5.41, 5.74) is 7.66. The highest BCUT2D eigenvalue weighted by atomic mass is 35.5. The number of halogens is 3. The summed E-state index contributed by atoms with van der Waals surface area (Å²) in [6, 6.07) is 7.61. The highest BCUT2D eigenvalue weighted by Crippen LogP contribution is 2.27. The zero-order valence-electron chi connectivity index (χ0n) is 10.5. The molecule has 104 valence electrons. The maximum Gasteiger partial charge on any atom is 0.256 e. The van der Waals surface area contributed by atoms with Gasteiger partial charge in [0.1, 0.15) is 0 Å². The predicted octanol–water partition coefficient (Wildman–Crippen LogP) is 4.28. The van der Waals surface area contributed by atoms with Crippen LogP contribution in [0.2, 0.25) is 10.0 Å². The molecule has 0 unspecified atom stereocenters. The van der Waals surface area contributed by atoms with Crippen molar-refractivity contribution in [3.63, 3.8) is 0 Å². The Labute approximate surface area is 125 Å². The number of nitrogens with one attached hydrogen (secondary N) is 1. The number of hydrogen-bond donors (Lipinski definition) is 2. The van der Waals surface area contributed by atoms with Crippen molar-refractivity contribution >= 4 is 40.5 Å². The van der Waals surface area contributed by atoms with Crippen molar-refractivity contribution in [1.82, 2.24) is 0 Å². The minimum atomic E-state index is -0.716. The third-order valence-electron chi connectivity index (χ3n) is 2.75. The van der Waals surface area contributed by atoms with Crippen LogP contribution in [0.4, 0.5) is 15.8 Å². The van der Waals surface area contributed by atoms with E-state index in [0.29, 0.717) is 16.9 Å². The van der Waals surface area contributed by atoms with Crippen molar-refractivity contribution < 1.29 is 9.18 Å². The summed E-state index contributed by atoms with van der Waals surface area (Å²) in [7, 11) is 0. The predicted molar refractivity (Wildman–Crippen MR) is 80.0 cm³/mol. The lowest BCUT2D eigenvalue weighted by molar-refractivity contribution is 0.102. The van der Waals surface area contributed by atoms with Crippen LogP contribution in [0.25, 0.3) is 0 Å². The molecule has 0 spiro atoms. The van der Waals surface area contributed by atoms with Crippen LogP contribution in [0.5, 0.6) is 0 Å². The van der Waals surface area contributed by atoms with E-state index in [0.717, 1.165) is 5.56 Å². The van der Waals surface area contributed by atoms with Gasteiger partial charge in [0, 0.05) is 16.9 Å². The van der Waals surface area contributed by atoms with Gasteiger partial charge in [-0.15, -0.1) is 0 Å². The maximum atomic E-state index is 13.3. The van der Waals surface area contributed by atoms with Gasteiger partial charge in [-0.25, -0.2) is 4.39 Å². The minimum absolute atomic E-state index is 0.155. The van der Waals surface area contributed by atoms with Crippen molar-refractivity contribution in [3.8, 4) is 0 Å². The molecule has 0 bridgehead atoms. The van der Waals surface area contributed by atoms with Crippen molar-refractivity contribution in [2.75, 3.05) is 11.1 Å². The first-order valence-electron chi connectivity index (χ1n) is 5.70. The lowest BCUT2D eigenvalue weighted by Crippen LogP contribution is -2.14. The quantitative estimate of drug-likeness (QED) is 0.642. The Kier molecular flexibility index (Phi) is 4.16. The van der Waals surface area contributed by atoms with E-state index in [1.165, 1.54) is 12.1 Å². The van der Waals surface area contributed by atoms with Crippen LogP contribution in [0.15, 0.2) is 30.3 Å². The average Bonchev–Trinajstić information content (AvgIpc) is 2.38. The maximum absolute atomic E-state index is 13.3. The first-order chi connectivity index (χ1) is 9.38. The fourth-order valence-electron chi connectivity index (χ4n) is 1.71. The van der Waals surface area contributed by atoms with Crippen molar-refractivity contribution in [2.24, 2.45) is 0 Å². The highest BCUT2D eigenvalue weighted by Gasteiger charge is 2.13. The molecule has 2 aromatic carbocycles. The van der Waals surface area contributed by atoms with Crippen LogP contribution in [-0.2, 0) is 0 Å². The molecule has 20 heavy (non-hydrogen) atoms. The van der Waals surface area contributed by atoms with Gasteiger partial charge in [-0.3, -0.25) is 4.79 Å². The fraction of sp³-hybridized carbons (Fsp3) is 0.0714. The Morgan fingerprint density at radius 2 is 1.80 bits per heavy atom. The van der Waals surface area contributed by atoms with Gasteiger partial charge in [0.15, 0.2) is 5.82 Å². The van der Waals surface area contributed by atoms with Gasteiger partial charge in [-0.1, -0.05) is 29.3 Å². The molecule has 0 saturated heterocycles. The molecule has 0 saturated carbocycles. The van der Waals surface area contributed by atoms with E-state index < -0.39 is 5.82 Å². The zero-order valence-corrected chi connectivity index (χ0v) is 12.0. The Balaban J connectivity index is 2.30. The molecular weight excluding hydrogens is 302 g/mol. The van der Waals surface area contributed by atoms with E-state index in [-0.39, 0.29) is 16.0 Å². The molecule has 0 aromatic heterocycles. The lowest BCUT2D eigenvalue weighted by Gasteiger charge is -2.09. The standard InChI is InChI=1S/C14H11Cl2FN2O/c1-7-2-3-8(18)4-10(7)14(20)19-9-5-11(15)13(17)12(16)6-9/h2-6H,18H2,1H3,(H,19,20). The van der Waals surface area contributed by atoms with Crippen LogP contribution < -0.4 is 11.1 Å². The van der Waals surface area contributed by atoms with Gasteiger partial charge < -0.3 is 11.1 Å². The lowest BCUT2D eigenvalue weighted by atomic mass is 10.1. The largest absolute Gasteiger partial charge is 0.399 e. The van der Waals surface area contributed by atoms with Crippen LogP contribution in [0, 0.1) is 12.7 Å². The van der Waals surface area contributed by atoms with Gasteiger partial charge in [0.25, 0.3) is 5.91 Å². The Morgan fingerprint density at radius 3 is 2.40 bits per heavy atom. The number of anilines is 2. The van der Waals surface area contributed by atoms with Crippen molar-refractivity contribution in [2.45, 2.75) is 6.92 Å². The van der Waals surface area contributed by atoms with Gasteiger partial charge in [0.05, 0.1) is 10.0 Å². The Morgan fingerprint density at radius 1 is 1.20 bits per heavy atom. The van der Waals surface area contributed by atoms with Crippen molar-refractivity contribution in [1.29, 1.82) is 0 Å². The number of nitrogen functional groups attached to an aromatic ring is 1. The van der Waals surface area contributed by atoms with E-state index >= 15 is 0 Å². The number of hydrogen-bond acceptors (Lipinski definition) is 2. The number of carbonyl (C=O) groups is 1. The molecule has 2 rings (SSSR count). The van der Waals surface area contributed by atoms with Gasteiger partial charge in [-0.2, -0.15) is 0 Å². The third kappa shape index (κ3) is 3.03. The fourth-order valence-corrected chi connectivity index (χ4v) is 2.20. The number of carbonyl (C=O) groups excluding carboxylic acids is 1. The Bertz CT molecular complexity index is 666. The summed E-state index contributed by atoms with van der Waals surface area (Å²) in [5, 5.41) is 2.29. The average molecular weight is 313 g/mol. The second-order valence-electron chi connectivity index (χ2n) is 4.28. The highest BCUT2D eigenvalue weighted by molar-refractivity contribution is 6.35. The van der Waals surface area contributed by atoms with E-state index in [1.54, 1.807) is 25.1 Å². The third-order valence-corrected chi connectivity index (χ3v) is 3.30. The zero-order chi connectivity index (χ0) is 14.9. The van der Waals surface area contributed by atoms with Crippen LogP contribution in [0.1, 0.15) is 15.9 Å². The summed E-state index contributed by atoms with van der Waals surface area (Å²) in [4.78, 5) is 12.1. The molecule has 1 amide bonds. The Hall–Kier alpha value is -1.78. The van der Waals surface area contributed by atoms with E-state index in [9.17, 15) is 9.18 Å². The van der Waals surface area contributed by atoms with E-state index in [2.05, 4.69) is 5.32 Å². The summed E-state index contributed by atoms with van der Waals surface area (Å²) < 4.78 is 13.3. The smallest absolute Gasteiger partial charge is 0.256 e. The van der Waals surface area contributed by atoms with Gasteiger partial charge in [-0.05, 0) is 36.8 Å². The molecular formula is C14H11Cl2FN2O. The van der Waals surface area contributed by atoms with Crippen LogP contribution in [0.3, 0.4) is 0 Å². The molecule has 0 fully saturated rings. The molecule has 0 radical (unpaired) electrons. The topological polar surface area (TPSA) is 55.1 Å². The molecule has 0 aliphatic heterocycles. The van der Waals surface area contributed by atoms with Crippen LogP contribution >= 0.6 is 23.2 Å². The molecule has 3 N–H and O–H groups in total. The number of benzene rings is 2. The molecule has 0 heterocycles. The normalized spacial score (nSPS) is 10.4. The molecule has 2 aromatic rings. The molecule has 0 atom stereocenters. The molecule has 6 heteroatoms. The number of amides is 1. The number of nitrogens with two attached hydrogens (primary N) is 1. The number of rotatable bonds is 2. The summed E-state index contributed by atoms with van der Waals surface area (Å²) in [5.74, 6) is -1.08.